The SMILES string of the molecule is C=C(SC)c1c(F)cc2c(c1F)CCCCC2. The first kappa shape index (κ1) is 12.6. The maximum Gasteiger partial charge on any atom is 0.137 e. The molecule has 2 rings (SSSR count). The summed E-state index contributed by atoms with van der Waals surface area (Å²) >= 11 is 1.29. The fraction of sp³-hybridized carbons (Fsp3) is 0.429. The Bertz CT molecular complexity index is 452. The van der Waals surface area contributed by atoms with Gasteiger partial charge in [0.25, 0.3) is 0 Å². The van der Waals surface area contributed by atoms with Crippen LogP contribution in [0, 0.1) is 11.6 Å². The molecular formula is C14H16F2S. The van der Waals surface area contributed by atoms with Gasteiger partial charge in [-0.25, -0.2) is 8.78 Å². The Kier molecular flexibility index (Phi) is 3.87. The number of aryl methyl sites for hydroxylation is 1. The molecule has 0 radical (unpaired) electrons. The molecule has 1 aliphatic carbocycles. The topological polar surface area (TPSA) is 0 Å². The molecule has 0 spiro atoms. The van der Waals surface area contributed by atoms with Crippen LogP contribution in [-0.2, 0) is 12.8 Å². The summed E-state index contributed by atoms with van der Waals surface area (Å²) < 4.78 is 28.2. The lowest BCUT2D eigenvalue weighted by Crippen LogP contribution is -2.03. The second-order valence-electron chi connectivity index (χ2n) is 4.37. The van der Waals surface area contributed by atoms with Gasteiger partial charge < -0.3 is 0 Å². The summed E-state index contributed by atoms with van der Waals surface area (Å²) in [5.41, 5.74) is 1.61. The van der Waals surface area contributed by atoms with Gasteiger partial charge in [-0.15, -0.1) is 11.8 Å². The Hall–Kier alpha value is -0.830. The number of fused-ring (bicyclic) bond motifs is 1. The molecule has 0 nitrogen and oxygen atoms in total. The van der Waals surface area contributed by atoms with E-state index < -0.39 is 5.82 Å². The highest BCUT2D eigenvalue weighted by molar-refractivity contribution is 8.07. The van der Waals surface area contributed by atoms with E-state index in [1.807, 2.05) is 0 Å². The number of thioether (sulfide) groups is 1. The predicted octanol–water partition coefficient (Wildman–Crippen LogP) is 4.57. The standard InChI is InChI=1S/C14H16F2S/c1-9(17-2)13-12(15)8-10-6-4-3-5-7-11(10)14(13)16/h8H,1,3-7H2,2H3. The van der Waals surface area contributed by atoms with E-state index in [0.717, 1.165) is 37.7 Å². The van der Waals surface area contributed by atoms with Crippen molar-refractivity contribution in [3.05, 3.63) is 41.0 Å². The lowest BCUT2D eigenvalue weighted by Gasteiger charge is -2.13. The Balaban J connectivity index is 2.56. The van der Waals surface area contributed by atoms with E-state index in [-0.39, 0.29) is 11.4 Å². The molecule has 1 aromatic rings. The first-order valence-electron chi connectivity index (χ1n) is 5.88. The summed E-state index contributed by atoms with van der Waals surface area (Å²) in [4.78, 5) is 0.465. The summed E-state index contributed by atoms with van der Waals surface area (Å²) in [5.74, 6) is -0.858. The molecule has 0 heterocycles. The van der Waals surface area contributed by atoms with Gasteiger partial charge in [-0.3, -0.25) is 0 Å². The fourth-order valence-corrected chi connectivity index (χ4v) is 2.75. The van der Waals surface area contributed by atoms with E-state index in [0.29, 0.717) is 10.5 Å². The highest BCUT2D eigenvalue weighted by atomic mass is 32.2. The first-order chi connectivity index (χ1) is 8.15. The van der Waals surface area contributed by atoms with Crippen LogP contribution in [0.15, 0.2) is 12.6 Å². The highest BCUT2D eigenvalue weighted by Crippen LogP contribution is 2.33. The molecule has 0 aromatic heterocycles. The van der Waals surface area contributed by atoms with E-state index in [1.165, 1.54) is 17.8 Å². The van der Waals surface area contributed by atoms with Crippen LogP contribution in [-0.4, -0.2) is 6.26 Å². The van der Waals surface area contributed by atoms with Crippen molar-refractivity contribution in [3.63, 3.8) is 0 Å². The third kappa shape index (κ3) is 2.39. The van der Waals surface area contributed by atoms with E-state index in [9.17, 15) is 8.78 Å². The van der Waals surface area contributed by atoms with Crippen molar-refractivity contribution in [3.8, 4) is 0 Å². The first-order valence-corrected chi connectivity index (χ1v) is 7.10. The summed E-state index contributed by atoms with van der Waals surface area (Å²) in [6, 6.07) is 1.50. The minimum atomic E-state index is -0.470. The van der Waals surface area contributed by atoms with Crippen molar-refractivity contribution in [1.82, 2.24) is 0 Å². The van der Waals surface area contributed by atoms with Gasteiger partial charge in [0.15, 0.2) is 0 Å². The molecular weight excluding hydrogens is 238 g/mol. The lowest BCUT2D eigenvalue weighted by atomic mass is 9.98. The Morgan fingerprint density at radius 2 is 1.94 bits per heavy atom. The summed E-state index contributed by atoms with van der Waals surface area (Å²) in [7, 11) is 0. The van der Waals surface area contributed by atoms with Gasteiger partial charge in [0, 0.05) is 4.91 Å². The van der Waals surface area contributed by atoms with Crippen LogP contribution >= 0.6 is 11.8 Å². The van der Waals surface area contributed by atoms with Crippen molar-refractivity contribution in [2.24, 2.45) is 0 Å². The fourth-order valence-electron chi connectivity index (χ4n) is 2.35. The Labute approximate surface area is 105 Å². The lowest BCUT2D eigenvalue weighted by molar-refractivity contribution is 0.563. The van der Waals surface area contributed by atoms with Crippen LogP contribution in [0.2, 0.25) is 0 Å². The summed E-state index contributed by atoms with van der Waals surface area (Å²) in [6.45, 7) is 3.72. The van der Waals surface area contributed by atoms with Gasteiger partial charge in [-0.05, 0) is 49.1 Å². The largest absolute Gasteiger partial charge is 0.206 e. The molecule has 0 atom stereocenters. The zero-order chi connectivity index (χ0) is 12.4. The van der Waals surface area contributed by atoms with Gasteiger partial charge in [0.2, 0.25) is 0 Å². The second kappa shape index (κ2) is 5.21. The molecule has 92 valence electrons. The second-order valence-corrected chi connectivity index (χ2v) is 5.27. The predicted molar refractivity (Wildman–Crippen MR) is 70.2 cm³/mol. The van der Waals surface area contributed by atoms with Crippen LogP contribution in [0.5, 0.6) is 0 Å². The minimum absolute atomic E-state index is 0.0677. The van der Waals surface area contributed by atoms with E-state index in [1.54, 1.807) is 6.26 Å². The Morgan fingerprint density at radius 1 is 1.24 bits per heavy atom. The van der Waals surface area contributed by atoms with Crippen molar-refractivity contribution in [1.29, 1.82) is 0 Å². The van der Waals surface area contributed by atoms with Crippen LogP contribution in [0.4, 0.5) is 8.78 Å². The van der Waals surface area contributed by atoms with Crippen molar-refractivity contribution in [2.75, 3.05) is 6.26 Å². The molecule has 0 fully saturated rings. The average molecular weight is 254 g/mol. The smallest absolute Gasteiger partial charge is 0.137 e. The summed E-state index contributed by atoms with van der Waals surface area (Å²) in [6.07, 6.45) is 6.39. The number of benzene rings is 1. The molecule has 0 saturated carbocycles. The average Bonchev–Trinajstić information content (AvgIpc) is 2.54. The number of hydrogen-bond acceptors (Lipinski definition) is 1. The normalized spacial score (nSPS) is 15.2. The molecule has 0 unspecified atom stereocenters. The van der Waals surface area contributed by atoms with Gasteiger partial charge >= 0.3 is 0 Å². The molecule has 0 aliphatic heterocycles. The number of rotatable bonds is 2. The van der Waals surface area contributed by atoms with E-state index in [4.69, 9.17) is 0 Å². The van der Waals surface area contributed by atoms with Gasteiger partial charge in [-0.1, -0.05) is 13.0 Å². The molecule has 3 heteroatoms. The maximum absolute atomic E-state index is 14.3. The maximum atomic E-state index is 14.3. The van der Waals surface area contributed by atoms with Gasteiger partial charge in [0.05, 0.1) is 5.56 Å². The summed E-state index contributed by atoms with van der Waals surface area (Å²) in [5, 5.41) is 0. The molecule has 0 saturated heterocycles. The van der Waals surface area contributed by atoms with Crippen molar-refractivity contribution >= 4 is 16.7 Å². The van der Waals surface area contributed by atoms with Crippen molar-refractivity contribution < 1.29 is 8.78 Å². The van der Waals surface area contributed by atoms with Crippen LogP contribution in [0.1, 0.15) is 36.0 Å². The molecule has 17 heavy (non-hydrogen) atoms. The van der Waals surface area contributed by atoms with Gasteiger partial charge in [-0.2, -0.15) is 0 Å². The molecule has 1 aliphatic rings. The number of halogens is 2. The van der Waals surface area contributed by atoms with Crippen LogP contribution in [0.25, 0.3) is 4.91 Å². The van der Waals surface area contributed by atoms with E-state index in [2.05, 4.69) is 6.58 Å². The minimum Gasteiger partial charge on any atom is -0.206 e. The Morgan fingerprint density at radius 3 is 2.65 bits per heavy atom. The van der Waals surface area contributed by atoms with E-state index >= 15 is 0 Å². The van der Waals surface area contributed by atoms with Crippen LogP contribution < -0.4 is 0 Å². The molecule has 0 amide bonds. The quantitative estimate of drug-likeness (QED) is 0.697. The highest BCUT2D eigenvalue weighted by Gasteiger charge is 2.21. The third-order valence-electron chi connectivity index (χ3n) is 3.31. The van der Waals surface area contributed by atoms with Gasteiger partial charge in [0.1, 0.15) is 11.6 Å². The van der Waals surface area contributed by atoms with Crippen molar-refractivity contribution in [2.45, 2.75) is 32.1 Å². The monoisotopic (exact) mass is 254 g/mol. The molecule has 1 aromatic carbocycles. The van der Waals surface area contributed by atoms with Crippen LogP contribution in [0.3, 0.4) is 0 Å². The zero-order valence-corrected chi connectivity index (χ0v) is 10.8. The third-order valence-corrected chi connectivity index (χ3v) is 4.01. The molecule has 0 N–H and O–H groups in total. The molecule has 0 bridgehead atoms. The number of hydrogen-bond donors (Lipinski definition) is 0. The zero-order valence-electron chi connectivity index (χ0n) is 9.98.